The maximum absolute atomic E-state index is 12.3. The Labute approximate surface area is 158 Å². The molecule has 1 aromatic carbocycles. The fourth-order valence-electron chi connectivity index (χ4n) is 2.28. The van der Waals surface area contributed by atoms with Crippen molar-refractivity contribution in [3.05, 3.63) is 64.4 Å². The molecule has 0 spiro atoms. The number of hydrogen-bond acceptors (Lipinski definition) is 4. The Hall–Kier alpha value is -2.44. The lowest BCUT2D eigenvalue weighted by atomic mass is 10.2. The Morgan fingerprint density at radius 1 is 1.00 bits per heavy atom. The molecule has 7 heteroatoms. The first-order valence-electron chi connectivity index (χ1n) is 8.39. The Bertz CT molecular complexity index is 765. The highest BCUT2D eigenvalue weighted by atomic mass is 35.5. The van der Waals surface area contributed by atoms with E-state index in [0.29, 0.717) is 18.1 Å². The van der Waals surface area contributed by atoms with Gasteiger partial charge >= 0.3 is 0 Å². The summed E-state index contributed by atoms with van der Waals surface area (Å²) in [5.41, 5.74) is 1.23. The summed E-state index contributed by atoms with van der Waals surface area (Å²) >= 11 is 6.08. The second-order valence-electron chi connectivity index (χ2n) is 6.09. The van der Waals surface area contributed by atoms with Gasteiger partial charge in [-0.15, -0.1) is 0 Å². The first kappa shape index (κ1) is 19.9. The molecule has 0 bridgehead atoms. The largest absolute Gasteiger partial charge is 0.351 e. The number of nitrogens with zero attached hydrogens (tertiary/aromatic N) is 2. The number of amides is 2. The van der Waals surface area contributed by atoms with E-state index >= 15 is 0 Å². The van der Waals surface area contributed by atoms with Crippen LogP contribution in [0, 0.1) is 0 Å². The number of hydrogen-bond donors (Lipinski definition) is 2. The van der Waals surface area contributed by atoms with Gasteiger partial charge < -0.3 is 15.5 Å². The lowest BCUT2D eigenvalue weighted by Crippen LogP contribution is -2.29. The van der Waals surface area contributed by atoms with Gasteiger partial charge in [-0.05, 0) is 50.8 Å². The first-order chi connectivity index (χ1) is 12.5. The Kier molecular flexibility index (Phi) is 7.56. The van der Waals surface area contributed by atoms with Crippen molar-refractivity contribution in [2.24, 2.45) is 0 Å². The van der Waals surface area contributed by atoms with E-state index in [1.54, 1.807) is 24.3 Å². The molecule has 2 rings (SSSR count). The maximum Gasteiger partial charge on any atom is 0.270 e. The molecule has 0 aliphatic carbocycles. The molecule has 26 heavy (non-hydrogen) atoms. The minimum atomic E-state index is -0.354. The standard InChI is InChI=1S/C19H23ClN4O2/c1-24(2)12-6-11-21-18(25)16-9-5-10-17(23-16)19(26)22-13-14-7-3-4-8-15(14)20/h3-5,7-10H,6,11-13H2,1-2H3,(H,21,25)(H,22,26). The highest BCUT2D eigenvalue weighted by Gasteiger charge is 2.12. The quantitative estimate of drug-likeness (QED) is 0.695. The van der Waals surface area contributed by atoms with E-state index in [1.165, 1.54) is 0 Å². The van der Waals surface area contributed by atoms with Gasteiger partial charge in [0.15, 0.2) is 0 Å². The number of pyridine rings is 1. The van der Waals surface area contributed by atoms with E-state index in [-0.39, 0.29) is 23.2 Å². The third-order valence-corrected chi connectivity index (χ3v) is 4.05. The molecule has 0 aliphatic heterocycles. The zero-order chi connectivity index (χ0) is 18.9. The van der Waals surface area contributed by atoms with Crippen LogP contribution in [0.3, 0.4) is 0 Å². The van der Waals surface area contributed by atoms with Crippen LogP contribution < -0.4 is 10.6 Å². The minimum absolute atomic E-state index is 0.193. The van der Waals surface area contributed by atoms with Crippen molar-refractivity contribution in [2.75, 3.05) is 27.2 Å². The Morgan fingerprint density at radius 2 is 1.65 bits per heavy atom. The van der Waals surface area contributed by atoms with Crippen molar-refractivity contribution in [1.82, 2.24) is 20.5 Å². The molecule has 0 unspecified atom stereocenters. The molecule has 0 aliphatic rings. The van der Waals surface area contributed by atoms with E-state index in [2.05, 4.69) is 15.6 Å². The minimum Gasteiger partial charge on any atom is -0.351 e. The average molecular weight is 375 g/mol. The Balaban J connectivity index is 1.92. The molecule has 2 aromatic rings. The molecule has 0 saturated carbocycles. The van der Waals surface area contributed by atoms with Crippen molar-refractivity contribution in [3.8, 4) is 0 Å². The van der Waals surface area contributed by atoms with Crippen LogP contribution in [0.4, 0.5) is 0 Å². The van der Waals surface area contributed by atoms with Gasteiger partial charge in [-0.2, -0.15) is 0 Å². The first-order valence-corrected chi connectivity index (χ1v) is 8.77. The molecular formula is C19H23ClN4O2. The molecule has 2 amide bonds. The lowest BCUT2D eigenvalue weighted by Gasteiger charge is -2.10. The normalized spacial score (nSPS) is 10.6. The van der Waals surface area contributed by atoms with Crippen LogP contribution in [0.2, 0.25) is 5.02 Å². The van der Waals surface area contributed by atoms with Gasteiger partial charge in [-0.25, -0.2) is 4.98 Å². The van der Waals surface area contributed by atoms with Crippen LogP contribution in [0.1, 0.15) is 33.0 Å². The Morgan fingerprint density at radius 3 is 2.31 bits per heavy atom. The number of halogens is 1. The van der Waals surface area contributed by atoms with Crippen molar-refractivity contribution < 1.29 is 9.59 Å². The number of benzene rings is 1. The molecule has 1 heterocycles. The summed E-state index contributed by atoms with van der Waals surface area (Å²) < 4.78 is 0. The van der Waals surface area contributed by atoms with Gasteiger partial charge in [0.05, 0.1) is 0 Å². The fourth-order valence-corrected chi connectivity index (χ4v) is 2.49. The highest BCUT2D eigenvalue weighted by molar-refractivity contribution is 6.31. The topological polar surface area (TPSA) is 74.3 Å². The number of rotatable bonds is 8. The van der Waals surface area contributed by atoms with Crippen molar-refractivity contribution in [3.63, 3.8) is 0 Å². The second-order valence-corrected chi connectivity index (χ2v) is 6.50. The van der Waals surface area contributed by atoms with Crippen LogP contribution in [0.25, 0.3) is 0 Å². The van der Waals surface area contributed by atoms with Gasteiger partial charge in [0, 0.05) is 18.1 Å². The van der Waals surface area contributed by atoms with Gasteiger partial charge in [-0.1, -0.05) is 35.9 Å². The maximum atomic E-state index is 12.3. The monoisotopic (exact) mass is 374 g/mol. The zero-order valence-corrected chi connectivity index (χ0v) is 15.7. The smallest absolute Gasteiger partial charge is 0.270 e. The highest BCUT2D eigenvalue weighted by Crippen LogP contribution is 2.14. The summed E-state index contributed by atoms with van der Waals surface area (Å²) in [4.78, 5) is 30.6. The van der Waals surface area contributed by atoms with Gasteiger partial charge in [0.2, 0.25) is 0 Å². The molecule has 0 fully saturated rings. The van der Waals surface area contributed by atoms with E-state index in [0.717, 1.165) is 18.5 Å². The second kappa shape index (κ2) is 9.89. The summed E-state index contributed by atoms with van der Waals surface area (Å²) in [6.45, 7) is 1.74. The molecule has 0 atom stereocenters. The van der Waals surface area contributed by atoms with E-state index in [9.17, 15) is 9.59 Å². The van der Waals surface area contributed by atoms with E-state index in [1.807, 2.05) is 37.2 Å². The number of carbonyl (C=O) groups is 2. The number of carbonyl (C=O) groups excluding carboxylic acids is 2. The van der Waals surface area contributed by atoms with Gasteiger partial charge in [0.25, 0.3) is 11.8 Å². The van der Waals surface area contributed by atoms with Crippen LogP contribution in [-0.4, -0.2) is 48.9 Å². The van der Waals surface area contributed by atoms with Crippen LogP contribution >= 0.6 is 11.6 Å². The average Bonchev–Trinajstić information content (AvgIpc) is 2.64. The van der Waals surface area contributed by atoms with Crippen LogP contribution in [0.15, 0.2) is 42.5 Å². The molecule has 6 nitrogen and oxygen atoms in total. The molecule has 0 saturated heterocycles. The van der Waals surface area contributed by atoms with E-state index < -0.39 is 0 Å². The summed E-state index contributed by atoms with van der Waals surface area (Å²) in [5.74, 6) is -0.642. The number of nitrogens with one attached hydrogen (secondary N) is 2. The summed E-state index contributed by atoms with van der Waals surface area (Å²) in [6.07, 6.45) is 0.844. The molecular weight excluding hydrogens is 352 g/mol. The SMILES string of the molecule is CN(C)CCCNC(=O)c1cccc(C(=O)NCc2ccccc2Cl)n1. The van der Waals surface area contributed by atoms with Crippen LogP contribution in [0.5, 0.6) is 0 Å². The predicted molar refractivity (Wildman–Crippen MR) is 102 cm³/mol. The van der Waals surface area contributed by atoms with Crippen LogP contribution in [-0.2, 0) is 6.54 Å². The lowest BCUT2D eigenvalue weighted by molar-refractivity contribution is 0.0942. The fraction of sp³-hybridized carbons (Fsp3) is 0.316. The zero-order valence-electron chi connectivity index (χ0n) is 15.0. The summed E-state index contributed by atoms with van der Waals surface area (Å²) in [7, 11) is 3.96. The third-order valence-electron chi connectivity index (χ3n) is 3.68. The van der Waals surface area contributed by atoms with Gasteiger partial charge in [0.1, 0.15) is 11.4 Å². The van der Waals surface area contributed by atoms with Gasteiger partial charge in [-0.3, -0.25) is 9.59 Å². The number of aromatic nitrogens is 1. The van der Waals surface area contributed by atoms with Crippen molar-refractivity contribution >= 4 is 23.4 Å². The van der Waals surface area contributed by atoms with Crippen molar-refractivity contribution in [1.29, 1.82) is 0 Å². The molecule has 1 aromatic heterocycles. The molecule has 0 radical (unpaired) electrons. The van der Waals surface area contributed by atoms with E-state index in [4.69, 9.17) is 11.6 Å². The van der Waals surface area contributed by atoms with Crippen molar-refractivity contribution in [2.45, 2.75) is 13.0 Å². The summed E-state index contributed by atoms with van der Waals surface area (Å²) in [6, 6.07) is 12.1. The third kappa shape index (κ3) is 6.13. The molecule has 2 N–H and O–H groups in total. The summed E-state index contributed by atoms with van der Waals surface area (Å²) in [5, 5.41) is 6.16. The molecule has 138 valence electrons. The predicted octanol–water partition coefficient (Wildman–Crippen LogP) is 2.35.